The zero-order chi connectivity index (χ0) is 8.32. The van der Waals surface area contributed by atoms with Gasteiger partial charge >= 0.3 is 5.97 Å². The number of allylic oxidation sites excluding steroid dienone is 1. The van der Waals surface area contributed by atoms with Crippen LogP contribution < -0.4 is 0 Å². The molecule has 0 aliphatic heterocycles. The molecule has 11 heavy (non-hydrogen) atoms. The van der Waals surface area contributed by atoms with Gasteiger partial charge in [-0.1, -0.05) is 12.5 Å². The summed E-state index contributed by atoms with van der Waals surface area (Å²) in [5.74, 6) is -0.0661. The first-order chi connectivity index (χ1) is 5.25. The van der Waals surface area contributed by atoms with E-state index in [2.05, 4.69) is 6.58 Å². The summed E-state index contributed by atoms with van der Waals surface area (Å²) in [7, 11) is 1.45. The van der Waals surface area contributed by atoms with E-state index in [-0.39, 0.29) is 11.4 Å². The molecule has 2 nitrogen and oxygen atoms in total. The second-order valence-corrected chi connectivity index (χ2v) is 3.12. The van der Waals surface area contributed by atoms with Crippen molar-refractivity contribution in [2.75, 3.05) is 7.11 Å². The average molecular weight is 154 g/mol. The van der Waals surface area contributed by atoms with Crippen LogP contribution in [0, 0.1) is 5.41 Å². The number of rotatable bonds is 3. The topological polar surface area (TPSA) is 26.3 Å². The van der Waals surface area contributed by atoms with Crippen molar-refractivity contribution in [3.05, 3.63) is 12.7 Å². The molecule has 0 atom stereocenters. The van der Waals surface area contributed by atoms with Gasteiger partial charge in [-0.25, -0.2) is 0 Å². The van der Waals surface area contributed by atoms with Gasteiger partial charge in [0.25, 0.3) is 0 Å². The molecule has 1 rings (SSSR count). The predicted molar refractivity (Wildman–Crippen MR) is 43.1 cm³/mol. The maximum atomic E-state index is 11.2. The summed E-state index contributed by atoms with van der Waals surface area (Å²) in [5, 5.41) is 0. The molecule has 0 aromatic heterocycles. The molecular formula is C9H14O2. The first kappa shape index (κ1) is 8.31. The second kappa shape index (κ2) is 3.07. The highest BCUT2D eigenvalue weighted by Crippen LogP contribution is 2.44. The van der Waals surface area contributed by atoms with Crippen LogP contribution in [0.5, 0.6) is 0 Å². The third kappa shape index (κ3) is 1.30. The van der Waals surface area contributed by atoms with Gasteiger partial charge in [0.15, 0.2) is 0 Å². The van der Waals surface area contributed by atoms with Gasteiger partial charge in [-0.15, -0.1) is 6.58 Å². The number of esters is 1. The van der Waals surface area contributed by atoms with E-state index in [9.17, 15) is 4.79 Å². The lowest BCUT2D eigenvalue weighted by atomic mass is 9.67. The molecule has 1 aliphatic rings. The average Bonchev–Trinajstić information content (AvgIpc) is 1.95. The normalized spacial score (nSPS) is 20.1. The van der Waals surface area contributed by atoms with Crippen molar-refractivity contribution in [2.24, 2.45) is 5.41 Å². The summed E-state index contributed by atoms with van der Waals surface area (Å²) in [5.41, 5.74) is -0.198. The van der Waals surface area contributed by atoms with E-state index >= 15 is 0 Å². The number of carbonyl (C=O) groups excluding carboxylic acids is 1. The molecule has 0 radical (unpaired) electrons. The van der Waals surface area contributed by atoms with Gasteiger partial charge in [0, 0.05) is 0 Å². The van der Waals surface area contributed by atoms with Crippen molar-refractivity contribution in [2.45, 2.75) is 25.7 Å². The van der Waals surface area contributed by atoms with Crippen molar-refractivity contribution in [1.29, 1.82) is 0 Å². The number of methoxy groups -OCH3 is 1. The van der Waals surface area contributed by atoms with Crippen molar-refractivity contribution in [3.63, 3.8) is 0 Å². The van der Waals surface area contributed by atoms with Crippen molar-refractivity contribution >= 4 is 5.97 Å². The van der Waals surface area contributed by atoms with Crippen molar-refractivity contribution < 1.29 is 9.53 Å². The Morgan fingerprint density at radius 1 is 1.73 bits per heavy atom. The molecule has 0 N–H and O–H groups in total. The van der Waals surface area contributed by atoms with E-state index in [1.807, 2.05) is 0 Å². The fourth-order valence-electron chi connectivity index (χ4n) is 1.59. The predicted octanol–water partition coefficient (Wildman–Crippen LogP) is 1.91. The van der Waals surface area contributed by atoms with Crippen LogP contribution >= 0.6 is 0 Å². The Labute approximate surface area is 67.2 Å². The van der Waals surface area contributed by atoms with Crippen LogP contribution in [-0.4, -0.2) is 13.1 Å². The molecule has 0 aromatic rings. The van der Waals surface area contributed by atoms with Gasteiger partial charge in [-0.05, 0) is 19.3 Å². The second-order valence-electron chi connectivity index (χ2n) is 3.12. The Hall–Kier alpha value is -0.790. The lowest BCUT2D eigenvalue weighted by Crippen LogP contribution is -2.38. The maximum absolute atomic E-state index is 11.2. The fourth-order valence-corrected chi connectivity index (χ4v) is 1.59. The minimum atomic E-state index is -0.198. The molecule has 0 aromatic carbocycles. The molecule has 62 valence electrons. The molecule has 1 saturated carbocycles. The van der Waals surface area contributed by atoms with Crippen molar-refractivity contribution in [1.82, 2.24) is 0 Å². The lowest BCUT2D eigenvalue weighted by molar-refractivity contribution is -0.158. The Kier molecular flexibility index (Phi) is 2.32. The molecule has 1 fully saturated rings. The van der Waals surface area contributed by atoms with Gasteiger partial charge < -0.3 is 4.74 Å². The van der Waals surface area contributed by atoms with E-state index in [1.54, 1.807) is 6.08 Å². The number of hydrogen-bond donors (Lipinski definition) is 0. The van der Waals surface area contributed by atoms with Crippen molar-refractivity contribution in [3.8, 4) is 0 Å². The zero-order valence-electron chi connectivity index (χ0n) is 6.93. The number of hydrogen-bond acceptors (Lipinski definition) is 2. The van der Waals surface area contributed by atoms with E-state index in [0.29, 0.717) is 0 Å². The Balaban J connectivity index is 2.59. The smallest absolute Gasteiger partial charge is 0.312 e. The monoisotopic (exact) mass is 154 g/mol. The molecule has 0 saturated heterocycles. The van der Waals surface area contributed by atoms with Crippen LogP contribution in [0.3, 0.4) is 0 Å². The van der Waals surface area contributed by atoms with E-state index in [0.717, 1.165) is 25.7 Å². The maximum Gasteiger partial charge on any atom is 0.312 e. The summed E-state index contributed by atoms with van der Waals surface area (Å²) in [6, 6.07) is 0. The Morgan fingerprint density at radius 2 is 2.36 bits per heavy atom. The van der Waals surface area contributed by atoms with Gasteiger partial charge in [0.05, 0.1) is 12.5 Å². The van der Waals surface area contributed by atoms with Crippen LogP contribution in [0.4, 0.5) is 0 Å². The van der Waals surface area contributed by atoms with Gasteiger partial charge in [-0.3, -0.25) is 4.79 Å². The summed E-state index contributed by atoms with van der Waals surface area (Å²) in [6.07, 6.45) is 5.64. The quantitative estimate of drug-likeness (QED) is 0.458. The minimum absolute atomic E-state index is 0.0661. The SMILES string of the molecule is C=CCC1(C(=O)OC)CCC1. The number of ether oxygens (including phenoxy) is 1. The third-order valence-electron chi connectivity index (χ3n) is 2.46. The fraction of sp³-hybridized carbons (Fsp3) is 0.667. The third-order valence-corrected chi connectivity index (χ3v) is 2.46. The van der Waals surface area contributed by atoms with Gasteiger partial charge in [0.2, 0.25) is 0 Å². The highest BCUT2D eigenvalue weighted by molar-refractivity contribution is 5.77. The standard InChI is InChI=1S/C9H14O2/c1-3-5-9(6-4-7-9)8(10)11-2/h3H,1,4-7H2,2H3. The molecule has 2 heteroatoms. The van der Waals surface area contributed by atoms with Gasteiger partial charge in [-0.2, -0.15) is 0 Å². The van der Waals surface area contributed by atoms with E-state index in [4.69, 9.17) is 4.74 Å². The first-order valence-electron chi connectivity index (χ1n) is 3.94. The molecule has 0 heterocycles. The van der Waals surface area contributed by atoms with Crippen LogP contribution in [0.2, 0.25) is 0 Å². The molecule has 0 amide bonds. The summed E-state index contributed by atoms with van der Waals surface area (Å²) in [6.45, 7) is 3.64. The van der Waals surface area contributed by atoms with Crippen LogP contribution in [0.25, 0.3) is 0 Å². The molecule has 0 unspecified atom stereocenters. The summed E-state index contributed by atoms with van der Waals surface area (Å²) in [4.78, 5) is 11.2. The first-order valence-corrected chi connectivity index (χ1v) is 3.94. The van der Waals surface area contributed by atoms with E-state index < -0.39 is 0 Å². The molecule has 0 spiro atoms. The molecular weight excluding hydrogens is 140 g/mol. The number of carbonyl (C=O) groups is 1. The van der Waals surface area contributed by atoms with E-state index in [1.165, 1.54) is 7.11 Å². The highest BCUT2D eigenvalue weighted by atomic mass is 16.5. The lowest BCUT2D eigenvalue weighted by Gasteiger charge is -2.37. The van der Waals surface area contributed by atoms with Crippen LogP contribution in [0.15, 0.2) is 12.7 Å². The minimum Gasteiger partial charge on any atom is -0.469 e. The summed E-state index contributed by atoms with van der Waals surface area (Å²) >= 11 is 0. The van der Waals surface area contributed by atoms with Crippen LogP contribution in [0.1, 0.15) is 25.7 Å². The Bertz CT molecular complexity index is 168. The van der Waals surface area contributed by atoms with Crippen LogP contribution in [-0.2, 0) is 9.53 Å². The largest absolute Gasteiger partial charge is 0.469 e. The summed E-state index contributed by atoms with van der Waals surface area (Å²) < 4.78 is 4.72. The molecule has 0 bridgehead atoms. The van der Waals surface area contributed by atoms with Gasteiger partial charge in [0.1, 0.15) is 0 Å². The molecule has 1 aliphatic carbocycles. The Morgan fingerprint density at radius 3 is 2.64 bits per heavy atom. The zero-order valence-corrected chi connectivity index (χ0v) is 6.93. The highest BCUT2D eigenvalue weighted by Gasteiger charge is 2.43.